The molecule has 1 amide bonds. The van der Waals surface area contributed by atoms with E-state index >= 15 is 0 Å². The Morgan fingerprint density at radius 2 is 2.09 bits per heavy atom. The van der Waals surface area contributed by atoms with Gasteiger partial charge in [-0.1, -0.05) is 12.1 Å². The monoisotopic (exact) mass is 314 g/mol. The average Bonchev–Trinajstić information content (AvgIpc) is 2.94. The zero-order chi connectivity index (χ0) is 15.5. The Hall–Kier alpha value is -2.54. The summed E-state index contributed by atoms with van der Waals surface area (Å²) in [6.07, 6.45) is 2.98. The van der Waals surface area contributed by atoms with Gasteiger partial charge >= 0.3 is 0 Å². The summed E-state index contributed by atoms with van der Waals surface area (Å²) in [4.78, 5) is 33.2. The highest BCUT2D eigenvalue weighted by molar-refractivity contribution is 7.11. The highest BCUT2D eigenvalue weighted by Gasteiger charge is 2.09. The lowest BCUT2D eigenvalue weighted by molar-refractivity contribution is -0.121. The van der Waals surface area contributed by atoms with E-state index < -0.39 is 0 Å². The van der Waals surface area contributed by atoms with Crippen molar-refractivity contribution in [1.82, 2.24) is 19.9 Å². The summed E-state index contributed by atoms with van der Waals surface area (Å²) in [5.74, 6) is -0.218. The Bertz CT molecular complexity index is 884. The average molecular weight is 314 g/mol. The van der Waals surface area contributed by atoms with Crippen LogP contribution in [0.3, 0.4) is 0 Å². The number of rotatable bonds is 4. The van der Waals surface area contributed by atoms with Crippen molar-refractivity contribution in [1.29, 1.82) is 0 Å². The largest absolute Gasteiger partial charge is 0.350 e. The Balaban J connectivity index is 1.76. The Kier molecular flexibility index (Phi) is 3.97. The lowest BCUT2D eigenvalue weighted by atomic mass is 10.3. The van der Waals surface area contributed by atoms with Crippen LogP contribution in [-0.2, 0) is 17.9 Å². The first-order valence-corrected chi connectivity index (χ1v) is 7.58. The van der Waals surface area contributed by atoms with E-state index in [0.29, 0.717) is 17.6 Å². The molecule has 0 aliphatic carbocycles. The smallest absolute Gasteiger partial charge is 0.269 e. The van der Waals surface area contributed by atoms with Crippen LogP contribution in [0.15, 0.2) is 41.5 Å². The molecule has 0 aliphatic heterocycles. The molecule has 0 unspecified atom stereocenters. The van der Waals surface area contributed by atoms with Crippen molar-refractivity contribution >= 4 is 28.3 Å². The number of nitrogens with one attached hydrogen (secondary N) is 1. The van der Waals surface area contributed by atoms with Gasteiger partial charge in [0.15, 0.2) is 0 Å². The van der Waals surface area contributed by atoms with Crippen molar-refractivity contribution in [3.05, 3.63) is 56.9 Å². The summed E-state index contributed by atoms with van der Waals surface area (Å²) in [6, 6.07) is 7.25. The van der Waals surface area contributed by atoms with Gasteiger partial charge in [-0.2, -0.15) is 0 Å². The van der Waals surface area contributed by atoms with Crippen molar-refractivity contribution in [2.75, 3.05) is 0 Å². The SMILES string of the molecule is Cc1ncc(CNC(=O)Cn2c(=O)cnc3ccccc32)s1. The number of carbonyl (C=O) groups is 1. The first kappa shape index (κ1) is 14.4. The van der Waals surface area contributed by atoms with Crippen LogP contribution >= 0.6 is 11.3 Å². The number of thiazole rings is 1. The number of benzene rings is 1. The molecule has 1 N–H and O–H groups in total. The van der Waals surface area contributed by atoms with Crippen LogP contribution in [0.25, 0.3) is 11.0 Å². The van der Waals surface area contributed by atoms with Crippen LogP contribution in [0.5, 0.6) is 0 Å². The van der Waals surface area contributed by atoms with Gasteiger partial charge in [0.1, 0.15) is 6.54 Å². The zero-order valence-corrected chi connectivity index (χ0v) is 12.8. The van der Waals surface area contributed by atoms with E-state index in [1.165, 1.54) is 22.1 Å². The minimum absolute atomic E-state index is 0.0281. The number of hydrogen-bond acceptors (Lipinski definition) is 5. The van der Waals surface area contributed by atoms with Crippen LogP contribution in [0, 0.1) is 6.92 Å². The van der Waals surface area contributed by atoms with Crippen LogP contribution in [0.4, 0.5) is 0 Å². The lowest BCUT2D eigenvalue weighted by Gasteiger charge is -2.09. The van der Waals surface area contributed by atoms with Crippen molar-refractivity contribution in [2.24, 2.45) is 0 Å². The fourth-order valence-electron chi connectivity index (χ4n) is 2.15. The van der Waals surface area contributed by atoms with Crippen LogP contribution in [-0.4, -0.2) is 20.4 Å². The topological polar surface area (TPSA) is 76.9 Å². The number of aromatic nitrogens is 3. The van der Waals surface area contributed by atoms with E-state index in [1.54, 1.807) is 12.3 Å². The lowest BCUT2D eigenvalue weighted by Crippen LogP contribution is -2.32. The molecule has 0 atom stereocenters. The van der Waals surface area contributed by atoms with Crippen molar-refractivity contribution in [3.63, 3.8) is 0 Å². The van der Waals surface area contributed by atoms with Crippen LogP contribution in [0.2, 0.25) is 0 Å². The molecule has 0 bridgehead atoms. The van der Waals surface area contributed by atoms with E-state index in [9.17, 15) is 9.59 Å². The van der Waals surface area contributed by atoms with Crippen molar-refractivity contribution < 1.29 is 4.79 Å². The number of fused-ring (bicyclic) bond motifs is 1. The molecule has 6 nitrogen and oxygen atoms in total. The summed E-state index contributed by atoms with van der Waals surface area (Å²) in [6.45, 7) is 2.31. The molecule has 0 spiro atoms. The molecule has 0 fully saturated rings. The number of para-hydroxylation sites is 2. The van der Waals surface area contributed by atoms with Gasteiger partial charge in [0.2, 0.25) is 5.91 Å². The molecule has 112 valence electrons. The summed E-state index contributed by atoms with van der Waals surface area (Å²) < 4.78 is 1.43. The number of hydrogen-bond donors (Lipinski definition) is 1. The molecule has 0 radical (unpaired) electrons. The van der Waals surface area contributed by atoms with Gasteiger partial charge in [0.05, 0.1) is 28.8 Å². The maximum atomic E-state index is 12.1. The third kappa shape index (κ3) is 3.04. The van der Waals surface area contributed by atoms with E-state index in [4.69, 9.17) is 0 Å². The molecule has 0 saturated carbocycles. The molecule has 3 aromatic rings. The number of nitrogens with zero attached hydrogens (tertiary/aromatic N) is 3. The van der Waals surface area contributed by atoms with Crippen molar-refractivity contribution in [3.8, 4) is 0 Å². The van der Waals surface area contributed by atoms with Crippen molar-refractivity contribution in [2.45, 2.75) is 20.0 Å². The second kappa shape index (κ2) is 6.07. The van der Waals surface area contributed by atoms with E-state index in [-0.39, 0.29) is 18.0 Å². The van der Waals surface area contributed by atoms with Gasteiger partial charge in [-0.05, 0) is 19.1 Å². The standard InChI is InChI=1S/C15H14N4O2S/c1-10-16-6-11(22-10)7-18-14(20)9-19-13-5-3-2-4-12(13)17-8-15(19)21/h2-6,8H,7,9H2,1H3,(H,18,20). The fraction of sp³-hybridized carbons (Fsp3) is 0.200. The summed E-state index contributed by atoms with van der Waals surface area (Å²) in [5, 5.41) is 3.76. The van der Waals surface area contributed by atoms with Crippen LogP contribution < -0.4 is 10.9 Å². The van der Waals surface area contributed by atoms with E-state index in [1.807, 2.05) is 25.1 Å². The van der Waals surface area contributed by atoms with E-state index in [0.717, 1.165) is 9.88 Å². The quantitative estimate of drug-likeness (QED) is 0.791. The molecular weight excluding hydrogens is 300 g/mol. The minimum atomic E-state index is -0.289. The van der Waals surface area contributed by atoms with Gasteiger partial charge in [0.25, 0.3) is 5.56 Å². The fourth-order valence-corrected chi connectivity index (χ4v) is 2.88. The second-order valence-corrected chi connectivity index (χ2v) is 6.11. The Morgan fingerprint density at radius 1 is 1.27 bits per heavy atom. The summed E-state index contributed by atoms with van der Waals surface area (Å²) in [7, 11) is 0. The molecule has 2 heterocycles. The Morgan fingerprint density at radius 3 is 2.86 bits per heavy atom. The second-order valence-electron chi connectivity index (χ2n) is 4.79. The summed E-state index contributed by atoms with van der Waals surface area (Å²) >= 11 is 1.54. The molecule has 22 heavy (non-hydrogen) atoms. The van der Waals surface area contributed by atoms with Gasteiger partial charge in [-0.3, -0.25) is 14.2 Å². The summed E-state index contributed by atoms with van der Waals surface area (Å²) in [5.41, 5.74) is 1.05. The first-order valence-electron chi connectivity index (χ1n) is 6.76. The van der Waals surface area contributed by atoms with Gasteiger partial charge in [-0.25, -0.2) is 9.97 Å². The predicted octanol–water partition coefficient (Wildman–Crippen LogP) is 1.48. The van der Waals surface area contributed by atoms with Gasteiger partial charge in [-0.15, -0.1) is 11.3 Å². The third-order valence-corrected chi connectivity index (χ3v) is 4.10. The molecule has 0 aliphatic rings. The zero-order valence-electron chi connectivity index (χ0n) is 11.9. The molecule has 1 aromatic carbocycles. The number of carbonyl (C=O) groups excluding carboxylic acids is 1. The molecular formula is C15H14N4O2S. The van der Waals surface area contributed by atoms with Gasteiger partial charge in [0, 0.05) is 11.1 Å². The minimum Gasteiger partial charge on any atom is -0.350 e. The molecule has 7 heteroatoms. The normalized spacial score (nSPS) is 10.8. The predicted molar refractivity (Wildman–Crippen MR) is 84.7 cm³/mol. The third-order valence-electron chi connectivity index (χ3n) is 3.18. The maximum absolute atomic E-state index is 12.1. The van der Waals surface area contributed by atoms with E-state index in [2.05, 4.69) is 15.3 Å². The van der Waals surface area contributed by atoms with Gasteiger partial charge < -0.3 is 5.32 Å². The number of aryl methyl sites for hydroxylation is 1. The molecule has 3 rings (SSSR count). The first-order chi connectivity index (χ1) is 10.6. The highest BCUT2D eigenvalue weighted by Crippen LogP contribution is 2.11. The van der Waals surface area contributed by atoms with Crippen LogP contribution in [0.1, 0.15) is 9.88 Å². The molecule has 2 aromatic heterocycles. The highest BCUT2D eigenvalue weighted by atomic mass is 32.1. The maximum Gasteiger partial charge on any atom is 0.269 e. The number of amides is 1. The Labute approximate surface area is 130 Å². The molecule has 0 saturated heterocycles.